The molecule has 1 heterocycles. The van der Waals surface area contributed by atoms with Crippen LogP contribution in [-0.2, 0) is 23.0 Å². The van der Waals surface area contributed by atoms with Gasteiger partial charge < -0.3 is 10.5 Å². The van der Waals surface area contributed by atoms with Crippen LogP contribution in [0.15, 0.2) is 12.3 Å². The maximum absolute atomic E-state index is 12.0. The van der Waals surface area contributed by atoms with Gasteiger partial charge in [0.1, 0.15) is 0 Å². The van der Waals surface area contributed by atoms with Gasteiger partial charge in [-0.15, -0.1) is 0 Å². The van der Waals surface area contributed by atoms with Crippen LogP contribution in [0.1, 0.15) is 26.0 Å². The fourth-order valence-corrected chi connectivity index (χ4v) is 1.83. The molecule has 1 aromatic heterocycles. The van der Waals surface area contributed by atoms with E-state index in [1.807, 2.05) is 26.2 Å². The lowest BCUT2D eigenvalue weighted by Gasteiger charge is -2.27. The molecule has 1 unspecified atom stereocenters. The highest BCUT2D eigenvalue weighted by atomic mass is 16.5. The van der Waals surface area contributed by atoms with Crippen LogP contribution in [0.4, 0.5) is 0 Å². The number of aryl methyl sites for hydroxylation is 1. The molecule has 0 radical (unpaired) electrons. The average molecular weight is 239 g/mol. The van der Waals surface area contributed by atoms with Gasteiger partial charge in [-0.3, -0.25) is 9.48 Å². The number of hydrogen-bond donors (Lipinski definition) is 1. The first kappa shape index (κ1) is 13.7. The first-order chi connectivity index (χ1) is 8.07. The molecule has 1 aromatic rings. The van der Waals surface area contributed by atoms with Crippen LogP contribution in [0.25, 0.3) is 0 Å². The Balaban J connectivity index is 2.87. The number of rotatable bonds is 6. The molecule has 2 N–H and O–H groups in total. The van der Waals surface area contributed by atoms with E-state index in [1.165, 1.54) is 0 Å². The lowest BCUT2D eigenvalue weighted by molar-refractivity contribution is -0.155. The second-order valence-corrected chi connectivity index (χ2v) is 4.22. The van der Waals surface area contributed by atoms with E-state index in [1.54, 1.807) is 11.6 Å². The number of nitrogens with two attached hydrogens (primary N) is 1. The summed E-state index contributed by atoms with van der Waals surface area (Å²) >= 11 is 0. The van der Waals surface area contributed by atoms with Gasteiger partial charge in [-0.2, -0.15) is 5.10 Å². The Morgan fingerprint density at radius 1 is 1.59 bits per heavy atom. The van der Waals surface area contributed by atoms with Crippen LogP contribution in [-0.4, -0.2) is 28.9 Å². The van der Waals surface area contributed by atoms with Crippen LogP contribution in [0.3, 0.4) is 0 Å². The van der Waals surface area contributed by atoms with Gasteiger partial charge in [0.25, 0.3) is 0 Å². The summed E-state index contributed by atoms with van der Waals surface area (Å²) in [6.45, 7) is 4.41. The quantitative estimate of drug-likeness (QED) is 0.748. The standard InChI is InChI=1S/C12H21N3O2/c1-4-12(9-13,11(16)17-5-2)8-10-6-7-15(3)14-10/h6-7H,4-5,8-9,13H2,1-3H3. The Kier molecular flexibility index (Phi) is 4.69. The first-order valence-corrected chi connectivity index (χ1v) is 5.93. The minimum absolute atomic E-state index is 0.226. The molecule has 0 spiro atoms. The summed E-state index contributed by atoms with van der Waals surface area (Å²) < 4.78 is 6.83. The van der Waals surface area contributed by atoms with Crippen LogP contribution >= 0.6 is 0 Å². The van der Waals surface area contributed by atoms with Crippen molar-refractivity contribution in [3.8, 4) is 0 Å². The summed E-state index contributed by atoms with van der Waals surface area (Å²) in [5.74, 6) is -0.226. The summed E-state index contributed by atoms with van der Waals surface area (Å²) in [5.41, 5.74) is 5.99. The summed E-state index contributed by atoms with van der Waals surface area (Å²) in [4.78, 5) is 12.0. The van der Waals surface area contributed by atoms with Crippen molar-refractivity contribution in [3.63, 3.8) is 0 Å². The van der Waals surface area contributed by atoms with Crippen LogP contribution < -0.4 is 5.73 Å². The fourth-order valence-electron chi connectivity index (χ4n) is 1.83. The Morgan fingerprint density at radius 2 is 2.29 bits per heavy atom. The number of aromatic nitrogens is 2. The topological polar surface area (TPSA) is 70.1 Å². The molecule has 1 rings (SSSR count). The Hall–Kier alpha value is -1.36. The number of esters is 1. The maximum atomic E-state index is 12.0. The number of ether oxygens (including phenoxy) is 1. The smallest absolute Gasteiger partial charge is 0.313 e. The van der Waals surface area contributed by atoms with E-state index in [-0.39, 0.29) is 12.5 Å². The minimum atomic E-state index is -0.648. The molecule has 0 saturated heterocycles. The predicted octanol–water partition coefficient (Wildman–Crippen LogP) is 0.881. The molecular weight excluding hydrogens is 218 g/mol. The van der Waals surface area contributed by atoms with Crippen molar-refractivity contribution in [1.82, 2.24) is 9.78 Å². The largest absolute Gasteiger partial charge is 0.466 e. The van der Waals surface area contributed by atoms with Gasteiger partial charge in [0.2, 0.25) is 0 Å². The van der Waals surface area contributed by atoms with Gasteiger partial charge in [0.05, 0.1) is 17.7 Å². The average Bonchev–Trinajstić information content (AvgIpc) is 2.72. The lowest BCUT2D eigenvalue weighted by atomic mass is 9.80. The highest BCUT2D eigenvalue weighted by Gasteiger charge is 2.37. The van der Waals surface area contributed by atoms with E-state index in [0.717, 1.165) is 5.69 Å². The van der Waals surface area contributed by atoms with Crippen LogP contribution in [0, 0.1) is 5.41 Å². The third kappa shape index (κ3) is 3.06. The van der Waals surface area contributed by atoms with E-state index in [9.17, 15) is 4.79 Å². The van der Waals surface area contributed by atoms with E-state index in [0.29, 0.717) is 19.4 Å². The third-order valence-electron chi connectivity index (χ3n) is 3.06. The van der Waals surface area contributed by atoms with Crippen molar-refractivity contribution in [1.29, 1.82) is 0 Å². The van der Waals surface area contributed by atoms with E-state index >= 15 is 0 Å². The highest BCUT2D eigenvalue weighted by molar-refractivity contribution is 5.77. The van der Waals surface area contributed by atoms with Gasteiger partial charge in [-0.05, 0) is 19.4 Å². The molecule has 1 atom stereocenters. The first-order valence-electron chi connectivity index (χ1n) is 5.93. The Labute approximate surface area is 102 Å². The molecule has 96 valence electrons. The van der Waals surface area contributed by atoms with Crippen molar-refractivity contribution in [2.45, 2.75) is 26.7 Å². The number of carbonyl (C=O) groups is 1. The number of nitrogens with zero attached hydrogens (tertiary/aromatic N) is 2. The Bertz CT molecular complexity index is 370. The monoisotopic (exact) mass is 239 g/mol. The molecular formula is C12H21N3O2. The summed E-state index contributed by atoms with van der Waals surface area (Å²) in [6, 6.07) is 1.90. The van der Waals surface area contributed by atoms with Gasteiger partial charge in [0.15, 0.2) is 0 Å². The number of carbonyl (C=O) groups excluding carboxylic acids is 1. The molecule has 5 nitrogen and oxygen atoms in total. The van der Waals surface area contributed by atoms with E-state index < -0.39 is 5.41 Å². The third-order valence-corrected chi connectivity index (χ3v) is 3.06. The van der Waals surface area contributed by atoms with Crippen molar-refractivity contribution in [3.05, 3.63) is 18.0 Å². The lowest BCUT2D eigenvalue weighted by Crippen LogP contribution is -2.41. The molecule has 5 heteroatoms. The predicted molar refractivity (Wildman–Crippen MR) is 65.3 cm³/mol. The van der Waals surface area contributed by atoms with Gasteiger partial charge in [-0.1, -0.05) is 6.92 Å². The van der Waals surface area contributed by atoms with Crippen LogP contribution in [0.5, 0.6) is 0 Å². The second kappa shape index (κ2) is 5.82. The van der Waals surface area contributed by atoms with Gasteiger partial charge in [-0.25, -0.2) is 0 Å². The molecule has 0 aliphatic heterocycles. The highest BCUT2D eigenvalue weighted by Crippen LogP contribution is 2.27. The second-order valence-electron chi connectivity index (χ2n) is 4.22. The molecule has 0 aromatic carbocycles. The molecule has 17 heavy (non-hydrogen) atoms. The zero-order valence-electron chi connectivity index (χ0n) is 10.8. The Morgan fingerprint density at radius 3 is 2.71 bits per heavy atom. The van der Waals surface area contributed by atoms with E-state index in [2.05, 4.69) is 5.10 Å². The fraction of sp³-hybridized carbons (Fsp3) is 0.667. The van der Waals surface area contributed by atoms with Gasteiger partial charge in [0, 0.05) is 26.2 Å². The van der Waals surface area contributed by atoms with Gasteiger partial charge >= 0.3 is 5.97 Å². The van der Waals surface area contributed by atoms with Crippen molar-refractivity contribution in [2.24, 2.45) is 18.2 Å². The van der Waals surface area contributed by atoms with Crippen molar-refractivity contribution >= 4 is 5.97 Å². The van der Waals surface area contributed by atoms with Crippen molar-refractivity contribution < 1.29 is 9.53 Å². The molecule has 0 aliphatic rings. The molecule has 0 amide bonds. The maximum Gasteiger partial charge on any atom is 0.313 e. The molecule has 0 fully saturated rings. The van der Waals surface area contributed by atoms with Crippen LogP contribution in [0.2, 0.25) is 0 Å². The molecule has 0 aliphatic carbocycles. The summed E-state index contributed by atoms with van der Waals surface area (Å²) in [5, 5.41) is 4.29. The number of hydrogen-bond acceptors (Lipinski definition) is 4. The molecule has 0 bridgehead atoms. The van der Waals surface area contributed by atoms with E-state index in [4.69, 9.17) is 10.5 Å². The summed E-state index contributed by atoms with van der Waals surface area (Å²) in [7, 11) is 1.85. The summed E-state index contributed by atoms with van der Waals surface area (Å²) in [6.07, 6.45) is 3.04. The normalized spacial score (nSPS) is 14.4. The zero-order valence-corrected chi connectivity index (χ0v) is 10.8. The minimum Gasteiger partial charge on any atom is -0.466 e. The zero-order chi connectivity index (χ0) is 12.9. The molecule has 0 saturated carbocycles. The van der Waals surface area contributed by atoms with Crippen molar-refractivity contribution in [2.75, 3.05) is 13.2 Å². The SMILES string of the molecule is CCOC(=O)C(CC)(CN)Cc1ccn(C)n1.